The van der Waals surface area contributed by atoms with Crippen LogP contribution in [-0.4, -0.2) is 45.7 Å². The van der Waals surface area contributed by atoms with Crippen LogP contribution in [0.5, 0.6) is 5.75 Å². The Balaban J connectivity index is 1.49. The number of carbonyl (C=O) groups excluding carboxylic acids is 1. The third kappa shape index (κ3) is 3.69. The number of likely N-dealkylation sites (tertiary alicyclic amines) is 1. The molecule has 6 nitrogen and oxygen atoms in total. The van der Waals surface area contributed by atoms with Crippen molar-refractivity contribution >= 4 is 5.91 Å². The second-order valence-corrected chi connectivity index (χ2v) is 5.80. The number of ether oxygens (including phenoxy) is 1. The number of aromatic nitrogens is 3. The highest BCUT2D eigenvalue weighted by atomic mass is 19.2. The second kappa shape index (κ2) is 6.94. The Morgan fingerprint density at radius 3 is 2.71 bits per heavy atom. The van der Waals surface area contributed by atoms with E-state index in [1.807, 2.05) is 6.92 Å². The van der Waals surface area contributed by atoms with Crippen LogP contribution in [0.4, 0.5) is 8.78 Å². The van der Waals surface area contributed by atoms with Gasteiger partial charge in [-0.1, -0.05) is 0 Å². The second-order valence-electron chi connectivity index (χ2n) is 5.80. The fraction of sp³-hybridized carbons (Fsp3) is 0.438. The van der Waals surface area contributed by atoms with Crippen LogP contribution in [-0.2, 0) is 4.79 Å². The maximum atomic E-state index is 13.1. The highest BCUT2D eigenvalue weighted by Gasteiger charge is 2.26. The number of halogens is 2. The summed E-state index contributed by atoms with van der Waals surface area (Å²) in [7, 11) is 0. The molecule has 1 amide bonds. The van der Waals surface area contributed by atoms with E-state index in [2.05, 4.69) is 15.2 Å². The molecule has 1 N–H and O–H groups in total. The number of carbonyl (C=O) groups is 1. The number of piperidine rings is 1. The molecular weight excluding hydrogens is 318 g/mol. The van der Waals surface area contributed by atoms with Gasteiger partial charge in [-0.3, -0.25) is 9.89 Å². The number of aromatic amines is 1. The Labute approximate surface area is 137 Å². The lowest BCUT2D eigenvalue weighted by Gasteiger charge is -2.30. The van der Waals surface area contributed by atoms with E-state index in [1.165, 1.54) is 6.07 Å². The van der Waals surface area contributed by atoms with Crippen LogP contribution in [0, 0.1) is 18.6 Å². The lowest BCUT2D eigenvalue weighted by molar-refractivity contribution is -0.134. The Morgan fingerprint density at radius 2 is 2.08 bits per heavy atom. The first-order valence-electron chi connectivity index (χ1n) is 7.77. The van der Waals surface area contributed by atoms with Gasteiger partial charge in [-0.05, 0) is 31.9 Å². The molecule has 0 saturated carbocycles. The fourth-order valence-corrected chi connectivity index (χ4v) is 2.73. The van der Waals surface area contributed by atoms with Crippen molar-refractivity contribution in [1.29, 1.82) is 0 Å². The molecule has 1 aliphatic heterocycles. The van der Waals surface area contributed by atoms with Gasteiger partial charge >= 0.3 is 0 Å². The van der Waals surface area contributed by atoms with Gasteiger partial charge in [0, 0.05) is 25.1 Å². The van der Waals surface area contributed by atoms with E-state index in [4.69, 9.17) is 4.74 Å². The van der Waals surface area contributed by atoms with Crippen molar-refractivity contribution in [2.75, 3.05) is 19.7 Å². The number of amides is 1. The van der Waals surface area contributed by atoms with Crippen molar-refractivity contribution in [2.45, 2.75) is 25.7 Å². The molecule has 2 aromatic rings. The number of nitrogens with one attached hydrogen (secondary N) is 1. The molecule has 1 aliphatic rings. The predicted molar refractivity (Wildman–Crippen MR) is 81.5 cm³/mol. The molecule has 0 aliphatic carbocycles. The molecule has 3 rings (SSSR count). The molecule has 1 saturated heterocycles. The summed E-state index contributed by atoms with van der Waals surface area (Å²) in [6.07, 6.45) is 1.57. The summed E-state index contributed by atoms with van der Waals surface area (Å²) in [4.78, 5) is 18.2. The zero-order chi connectivity index (χ0) is 17.1. The number of nitrogens with zero attached hydrogens (tertiary/aromatic N) is 3. The van der Waals surface area contributed by atoms with Crippen LogP contribution >= 0.6 is 0 Å². The third-order valence-corrected chi connectivity index (χ3v) is 4.08. The smallest absolute Gasteiger partial charge is 0.260 e. The summed E-state index contributed by atoms with van der Waals surface area (Å²) in [5.41, 5.74) is 0. The molecule has 1 aromatic carbocycles. The zero-order valence-corrected chi connectivity index (χ0v) is 13.3. The largest absolute Gasteiger partial charge is 0.484 e. The lowest BCUT2D eigenvalue weighted by Crippen LogP contribution is -2.40. The van der Waals surface area contributed by atoms with Crippen molar-refractivity contribution in [3.8, 4) is 5.75 Å². The van der Waals surface area contributed by atoms with Gasteiger partial charge in [0.05, 0.1) is 0 Å². The minimum atomic E-state index is -0.998. The summed E-state index contributed by atoms with van der Waals surface area (Å²) >= 11 is 0. The van der Waals surface area contributed by atoms with Crippen LogP contribution in [0.1, 0.15) is 30.4 Å². The van der Waals surface area contributed by atoms with Gasteiger partial charge in [-0.2, -0.15) is 5.10 Å². The van der Waals surface area contributed by atoms with E-state index in [1.54, 1.807) is 4.90 Å². The number of hydrogen-bond acceptors (Lipinski definition) is 4. The predicted octanol–water partition coefficient (Wildman–Crippen LogP) is 2.18. The van der Waals surface area contributed by atoms with E-state index < -0.39 is 11.6 Å². The number of H-pyrrole nitrogens is 1. The Bertz CT molecular complexity index is 727. The number of benzene rings is 1. The first-order valence-corrected chi connectivity index (χ1v) is 7.77. The quantitative estimate of drug-likeness (QED) is 0.929. The number of hydrogen-bond donors (Lipinski definition) is 1. The molecule has 24 heavy (non-hydrogen) atoms. The van der Waals surface area contributed by atoms with Crippen molar-refractivity contribution in [1.82, 2.24) is 20.1 Å². The molecule has 0 bridgehead atoms. The lowest BCUT2D eigenvalue weighted by atomic mass is 9.96. The van der Waals surface area contributed by atoms with Gasteiger partial charge < -0.3 is 9.64 Å². The van der Waals surface area contributed by atoms with Gasteiger partial charge in [0.25, 0.3) is 5.91 Å². The molecule has 8 heteroatoms. The molecule has 0 atom stereocenters. The fourth-order valence-electron chi connectivity index (χ4n) is 2.73. The minimum Gasteiger partial charge on any atom is -0.484 e. The summed E-state index contributed by atoms with van der Waals surface area (Å²) in [6, 6.07) is 3.20. The maximum absolute atomic E-state index is 13.1. The monoisotopic (exact) mass is 336 g/mol. The van der Waals surface area contributed by atoms with Crippen LogP contribution in [0.25, 0.3) is 0 Å². The maximum Gasteiger partial charge on any atom is 0.260 e. The summed E-state index contributed by atoms with van der Waals surface area (Å²) < 4.78 is 31.2. The van der Waals surface area contributed by atoms with E-state index in [-0.39, 0.29) is 24.2 Å². The number of rotatable bonds is 4. The molecule has 0 spiro atoms. The van der Waals surface area contributed by atoms with Gasteiger partial charge in [-0.15, -0.1) is 0 Å². The molecule has 0 radical (unpaired) electrons. The molecule has 2 heterocycles. The zero-order valence-electron chi connectivity index (χ0n) is 13.3. The Kier molecular flexibility index (Phi) is 4.73. The van der Waals surface area contributed by atoms with Crippen molar-refractivity contribution in [2.24, 2.45) is 0 Å². The summed E-state index contributed by atoms with van der Waals surface area (Å²) in [5.74, 6) is -0.176. The van der Waals surface area contributed by atoms with Crippen molar-refractivity contribution in [3.63, 3.8) is 0 Å². The Morgan fingerprint density at radius 1 is 1.33 bits per heavy atom. The number of aryl methyl sites for hydroxylation is 1. The first-order chi connectivity index (χ1) is 11.5. The molecule has 1 aromatic heterocycles. The standard InChI is InChI=1S/C16H18F2N4O2/c1-10-19-16(21-20-10)11-4-6-22(7-5-11)15(23)9-24-12-2-3-13(17)14(18)8-12/h2-3,8,11H,4-7,9H2,1H3,(H,19,20,21). The highest BCUT2D eigenvalue weighted by molar-refractivity contribution is 5.77. The van der Waals surface area contributed by atoms with E-state index in [0.717, 1.165) is 36.6 Å². The van der Waals surface area contributed by atoms with Gasteiger partial charge in [0.15, 0.2) is 24.1 Å². The summed E-state index contributed by atoms with van der Waals surface area (Å²) in [5, 5.41) is 7.00. The first kappa shape index (κ1) is 16.4. The molecule has 128 valence electrons. The van der Waals surface area contributed by atoms with E-state index in [0.29, 0.717) is 13.1 Å². The SMILES string of the molecule is Cc1nc(C2CCN(C(=O)COc3ccc(F)c(F)c3)CC2)n[nH]1. The average Bonchev–Trinajstić information content (AvgIpc) is 3.02. The van der Waals surface area contributed by atoms with Gasteiger partial charge in [0.1, 0.15) is 11.6 Å². The topological polar surface area (TPSA) is 71.1 Å². The molecule has 0 unspecified atom stereocenters. The van der Waals surface area contributed by atoms with Crippen LogP contribution < -0.4 is 4.74 Å². The van der Waals surface area contributed by atoms with E-state index >= 15 is 0 Å². The van der Waals surface area contributed by atoms with Crippen LogP contribution in [0.3, 0.4) is 0 Å². The highest BCUT2D eigenvalue weighted by Crippen LogP contribution is 2.25. The minimum absolute atomic E-state index is 0.133. The van der Waals surface area contributed by atoms with Crippen LogP contribution in [0.2, 0.25) is 0 Å². The van der Waals surface area contributed by atoms with E-state index in [9.17, 15) is 13.6 Å². The van der Waals surface area contributed by atoms with Gasteiger partial charge in [0.2, 0.25) is 0 Å². The normalized spacial score (nSPS) is 15.5. The summed E-state index contributed by atoms with van der Waals surface area (Å²) in [6.45, 7) is 2.84. The van der Waals surface area contributed by atoms with Crippen LogP contribution in [0.15, 0.2) is 18.2 Å². The van der Waals surface area contributed by atoms with Crippen molar-refractivity contribution < 1.29 is 18.3 Å². The average molecular weight is 336 g/mol. The molecule has 1 fully saturated rings. The van der Waals surface area contributed by atoms with Gasteiger partial charge in [-0.25, -0.2) is 13.8 Å². The third-order valence-electron chi connectivity index (χ3n) is 4.08. The Hall–Kier alpha value is -2.51. The van der Waals surface area contributed by atoms with Crippen molar-refractivity contribution in [3.05, 3.63) is 41.5 Å². The molecular formula is C16H18F2N4O2.